The summed E-state index contributed by atoms with van der Waals surface area (Å²) < 4.78 is 5.85. The Bertz CT molecular complexity index is 563. The second-order valence-corrected chi connectivity index (χ2v) is 4.76. The highest BCUT2D eigenvalue weighted by atomic mass is 35.5. The third-order valence-corrected chi connectivity index (χ3v) is 3.56. The van der Waals surface area contributed by atoms with E-state index in [1.54, 1.807) is 0 Å². The molecule has 0 saturated heterocycles. The average Bonchev–Trinajstić information content (AvgIpc) is 2.48. The lowest BCUT2D eigenvalue weighted by atomic mass is 9.91. The summed E-state index contributed by atoms with van der Waals surface area (Å²) in [6.45, 7) is 1.63. The highest BCUT2D eigenvalue weighted by Gasteiger charge is 2.22. The molecule has 2 heterocycles. The van der Waals surface area contributed by atoms with E-state index in [1.807, 2.05) is 25.4 Å². The van der Waals surface area contributed by atoms with E-state index in [9.17, 15) is 0 Å². The molecule has 1 aliphatic heterocycles. The number of rotatable bonds is 3. The summed E-state index contributed by atoms with van der Waals surface area (Å²) in [6.07, 6.45) is 2.96. The van der Waals surface area contributed by atoms with Crippen LogP contribution in [0.1, 0.15) is 17.2 Å². The zero-order valence-electron chi connectivity index (χ0n) is 11.9. The minimum atomic E-state index is 0. The third-order valence-electron chi connectivity index (χ3n) is 3.56. The van der Waals surface area contributed by atoms with Crippen molar-refractivity contribution in [2.75, 3.05) is 20.2 Å². The van der Waals surface area contributed by atoms with E-state index in [1.165, 1.54) is 16.7 Å². The van der Waals surface area contributed by atoms with Crippen LogP contribution >= 0.6 is 24.8 Å². The van der Waals surface area contributed by atoms with Crippen LogP contribution in [0, 0.1) is 0 Å². The normalized spacial score (nSPS) is 16.3. The maximum Gasteiger partial charge on any atom is 0.0952 e. The largest absolute Gasteiger partial charge is 0.372 e. The van der Waals surface area contributed by atoms with Crippen molar-refractivity contribution in [3.05, 3.63) is 53.7 Å². The minimum Gasteiger partial charge on any atom is -0.372 e. The Balaban J connectivity index is 0.00000110. The highest BCUT2D eigenvalue weighted by Crippen LogP contribution is 2.33. The Morgan fingerprint density at radius 2 is 2.05 bits per heavy atom. The number of hydrogen-bond donors (Lipinski definition) is 1. The lowest BCUT2D eigenvalue weighted by Gasteiger charge is -2.27. The molecular formula is C16H20Cl2N2O. The molecule has 2 aromatic rings. The molecule has 0 saturated carbocycles. The van der Waals surface area contributed by atoms with Gasteiger partial charge in [-0.2, -0.15) is 0 Å². The van der Waals surface area contributed by atoms with E-state index in [-0.39, 0.29) is 30.9 Å². The van der Waals surface area contributed by atoms with Crippen LogP contribution in [0.5, 0.6) is 0 Å². The highest BCUT2D eigenvalue weighted by molar-refractivity contribution is 5.85. The van der Waals surface area contributed by atoms with Crippen molar-refractivity contribution in [3.8, 4) is 11.3 Å². The van der Waals surface area contributed by atoms with Gasteiger partial charge in [-0.3, -0.25) is 4.98 Å². The fourth-order valence-electron chi connectivity index (χ4n) is 2.69. The summed E-state index contributed by atoms with van der Waals surface area (Å²) in [7, 11) is 1.96. The summed E-state index contributed by atoms with van der Waals surface area (Å²) in [5.74, 6) is 0. The minimum absolute atomic E-state index is 0. The fourth-order valence-corrected chi connectivity index (χ4v) is 2.69. The van der Waals surface area contributed by atoms with Crippen molar-refractivity contribution in [2.24, 2.45) is 0 Å². The molecule has 0 bridgehead atoms. The summed E-state index contributed by atoms with van der Waals surface area (Å²) in [5, 5.41) is 3.20. The van der Waals surface area contributed by atoms with E-state index in [2.05, 4.69) is 34.6 Å². The second-order valence-electron chi connectivity index (χ2n) is 4.76. The Morgan fingerprint density at radius 3 is 2.76 bits per heavy atom. The van der Waals surface area contributed by atoms with Crippen molar-refractivity contribution in [1.29, 1.82) is 0 Å². The van der Waals surface area contributed by atoms with Crippen LogP contribution in [-0.2, 0) is 11.2 Å². The summed E-state index contributed by atoms with van der Waals surface area (Å²) >= 11 is 0. The van der Waals surface area contributed by atoms with E-state index in [4.69, 9.17) is 4.74 Å². The maximum absolute atomic E-state index is 5.85. The van der Waals surface area contributed by atoms with Gasteiger partial charge in [-0.1, -0.05) is 24.3 Å². The van der Waals surface area contributed by atoms with Crippen molar-refractivity contribution in [2.45, 2.75) is 12.5 Å². The van der Waals surface area contributed by atoms with Crippen LogP contribution < -0.4 is 5.32 Å². The van der Waals surface area contributed by atoms with Crippen LogP contribution in [0.2, 0.25) is 0 Å². The zero-order chi connectivity index (χ0) is 13.1. The fraction of sp³-hybridized carbons (Fsp3) is 0.312. The molecule has 1 aromatic carbocycles. The topological polar surface area (TPSA) is 34.1 Å². The molecule has 0 fully saturated rings. The monoisotopic (exact) mass is 326 g/mol. The first-order chi connectivity index (χ1) is 9.40. The third kappa shape index (κ3) is 3.74. The molecule has 0 amide bonds. The van der Waals surface area contributed by atoms with Gasteiger partial charge in [-0.15, -0.1) is 24.8 Å². The van der Waals surface area contributed by atoms with Crippen molar-refractivity contribution < 1.29 is 4.74 Å². The molecule has 1 aliphatic rings. The predicted molar refractivity (Wildman–Crippen MR) is 90.5 cm³/mol. The van der Waals surface area contributed by atoms with Gasteiger partial charge < -0.3 is 10.1 Å². The lowest BCUT2D eigenvalue weighted by Crippen LogP contribution is -2.25. The van der Waals surface area contributed by atoms with Gasteiger partial charge in [0.25, 0.3) is 0 Å². The number of halogens is 2. The molecule has 1 N–H and O–H groups in total. The van der Waals surface area contributed by atoms with Crippen molar-refractivity contribution in [1.82, 2.24) is 10.3 Å². The molecule has 3 rings (SSSR count). The molecular weight excluding hydrogens is 307 g/mol. The number of ether oxygens (including phenoxy) is 1. The van der Waals surface area contributed by atoms with Gasteiger partial charge in [0, 0.05) is 18.3 Å². The number of likely N-dealkylation sites (N-methyl/N-ethyl adjacent to an activating group) is 1. The van der Waals surface area contributed by atoms with Gasteiger partial charge in [-0.25, -0.2) is 0 Å². The maximum atomic E-state index is 5.85. The molecule has 5 heteroatoms. The molecule has 114 valence electrons. The van der Waals surface area contributed by atoms with Gasteiger partial charge in [0.05, 0.1) is 18.4 Å². The Morgan fingerprint density at radius 1 is 1.19 bits per heavy atom. The zero-order valence-corrected chi connectivity index (χ0v) is 13.5. The molecule has 0 spiro atoms. The van der Waals surface area contributed by atoms with E-state index < -0.39 is 0 Å². The first-order valence-corrected chi connectivity index (χ1v) is 6.69. The standard InChI is InChI=1S/C16H18N2O.2ClH/c1-17-11-16-14-6-4-5-13(12(14)8-10-19-16)15-7-2-3-9-18-15;;/h2-7,9,16-17H,8,10-11H2,1H3;2*1H/t16-;;/m0../s1. The summed E-state index contributed by atoms with van der Waals surface area (Å²) in [6, 6.07) is 12.5. The van der Waals surface area contributed by atoms with Crippen molar-refractivity contribution >= 4 is 24.8 Å². The molecule has 0 unspecified atom stereocenters. The van der Waals surface area contributed by atoms with Gasteiger partial charge >= 0.3 is 0 Å². The van der Waals surface area contributed by atoms with Gasteiger partial charge in [-0.05, 0) is 36.7 Å². The van der Waals surface area contributed by atoms with E-state index in [0.29, 0.717) is 0 Å². The smallest absolute Gasteiger partial charge is 0.0952 e. The van der Waals surface area contributed by atoms with Crippen LogP contribution in [0.25, 0.3) is 11.3 Å². The predicted octanol–water partition coefficient (Wildman–Crippen LogP) is 3.43. The number of benzene rings is 1. The molecule has 21 heavy (non-hydrogen) atoms. The summed E-state index contributed by atoms with van der Waals surface area (Å²) in [5.41, 5.74) is 4.96. The molecule has 1 atom stereocenters. The summed E-state index contributed by atoms with van der Waals surface area (Å²) in [4.78, 5) is 4.47. The van der Waals surface area contributed by atoms with Crippen LogP contribution in [-0.4, -0.2) is 25.2 Å². The average molecular weight is 327 g/mol. The Hall–Kier alpha value is -1.13. The number of aromatic nitrogens is 1. The SMILES string of the molecule is CNC[C@@H]1OCCc2c(-c3ccccn3)cccc21.Cl.Cl. The molecule has 3 nitrogen and oxygen atoms in total. The first kappa shape index (κ1) is 17.9. The molecule has 0 aliphatic carbocycles. The van der Waals surface area contributed by atoms with Crippen LogP contribution in [0.4, 0.5) is 0 Å². The Labute approximate surface area is 137 Å². The quantitative estimate of drug-likeness (QED) is 0.938. The van der Waals surface area contributed by atoms with Crippen molar-refractivity contribution in [3.63, 3.8) is 0 Å². The van der Waals surface area contributed by atoms with Gasteiger partial charge in [0.15, 0.2) is 0 Å². The van der Waals surface area contributed by atoms with Crippen LogP contribution in [0.15, 0.2) is 42.6 Å². The number of hydrogen-bond acceptors (Lipinski definition) is 3. The number of nitrogens with zero attached hydrogens (tertiary/aromatic N) is 1. The number of fused-ring (bicyclic) bond motifs is 1. The molecule has 0 radical (unpaired) electrons. The van der Waals surface area contributed by atoms with Gasteiger partial charge in [0.1, 0.15) is 0 Å². The van der Waals surface area contributed by atoms with Crippen LogP contribution in [0.3, 0.4) is 0 Å². The first-order valence-electron chi connectivity index (χ1n) is 6.69. The lowest BCUT2D eigenvalue weighted by molar-refractivity contribution is 0.0440. The number of pyridine rings is 1. The molecule has 1 aromatic heterocycles. The van der Waals surface area contributed by atoms with E-state index in [0.717, 1.165) is 25.3 Å². The Kier molecular flexibility index (Phi) is 7.12. The number of nitrogens with one attached hydrogen (secondary N) is 1. The van der Waals surface area contributed by atoms with Gasteiger partial charge in [0.2, 0.25) is 0 Å². The second kappa shape index (κ2) is 8.35. The van der Waals surface area contributed by atoms with E-state index >= 15 is 0 Å².